The van der Waals surface area contributed by atoms with Crippen LogP contribution < -0.4 is 10.6 Å². The highest BCUT2D eigenvalue weighted by Crippen LogP contribution is 2.44. The Labute approximate surface area is 198 Å². The van der Waals surface area contributed by atoms with Gasteiger partial charge in [-0.2, -0.15) is 0 Å². The molecule has 0 saturated heterocycles. The molecule has 2 atom stereocenters. The van der Waals surface area contributed by atoms with Crippen LogP contribution in [0.1, 0.15) is 49.7 Å². The minimum Gasteiger partial charge on any atom is -0.480 e. The summed E-state index contributed by atoms with van der Waals surface area (Å²) in [4.78, 5) is 37.6. The number of fused-ring (bicyclic) bond motifs is 3. The number of hydrogen-bond donors (Lipinski definition) is 3. The molecule has 2 aliphatic rings. The first kappa shape index (κ1) is 23.8. The second kappa shape index (κ2) is 9.85. The van der Waals surface area contributed by atoms with E-state index in [1.165, 1.54) is 7.11 Å². The van der Waals surface area contributed by atoms with Crippen LogP contribution in [0.15, 0.2) is 48.5 Å². The molecule has 0 radical (unpaired) electrons. The van der Waals surface area contributed by atoms with E-state index in [1.807, 2.05) is 36.4 Å². The van der Waals surface area contributed by atoms with Crippen LogP contribution >= 0.6 is 0 Å². The average Bonchev–Trinajstić information content (AvgIpc) is 3.44. The van der Waals surface area contributed by atoms with Gasteiger partial charge in [0.1, 0.15) is 18.2 Å². The fourth-order valence-corrected chi connectivity index (χ4v) is 4.98. The number of ether oxygens (including phenoxy) is 2. The smallest absolute Gasteiger partial charge is 0.407 e. The lowest BCUT2D eigenvalue weighted by Crippen LogP contribution is -2.60. The Morgan fingerprint density at radius 2 is 1.59 bits per heavy atom. The van der Waals surface area contributed by atoms with Gasteiger partial charge in [0.15, 0.2) is 0 Å². The predicted molar refractivity (Wildman–Crippen MR) is 125 cm³/mol. The maximum atomic E-state index is 13.0. The molecule has 8 heteroatoms. The molecule has 0 bridgehead atoms. The number of carbonyl (C=O) groups is 3. The highest BCUT2D eigenvalue weighted by molar-refractivity contribution is 5.92. The van der Waals surface area contributed by atoms with Crippen LogP contribution in [-0.4, -0.2) is 54.5 Å². The number of alkyl carbamates (subject to hydrolysis) is 1. The quantitative estimate of drug-likeness (QED) is 0.549. The van der Waals surface area contributed by atoms with Crippen molar-refractivity contribution in [3.8, 4) is 11.1 Å². The molecule has 1 fully saturated rings. The van der Waals surface area contributed by atoms with Gasteiger partial charge in [0.25, 0.3) is 0 Å². The summed E-state index contributed by atoms with van der Waals surface area (Å²) in [5.41, 5.74) is 3.09. The maximum absolute atomic E-state index is 13.0. The van der Waals surface area contributed by atoms with Crippen molar-refractivity contribution in [2.24, 2.45) is 0 Å². The lowest BCUT2D eigenvalue weighted by atomic mass is 9.96. The lowest BCUT2D eigenvalue weighted by Gasteiger charge is -2.30. The number of methoxy groups -OCH3 is 1. The number of nitrogens with one attached hydrogen (secondary N) is 2. The number of amides is 2. The van der Waals surface area contributed by atoms with Gasteiger partial charge >= 0.3 is 12.1 Å². The van der Waals surface area contributed by atoms with E-state index in [0.717, 1.165) is 35.1 Å². The van der Waals surface area contributed by atoms with Gasteiger partial charge in [-0.1, -0.05) is 61.4 Å². The van der Waals surface area contributed by atoms with Crippen molar-refractivity contribution < 1.29 is 29.0 Å². The van der Waals surface area contributed by atoms with E-state index in [9.17, 15) is 19.5 Å². The second-order valence-corrected chi connectivity index (χ2v) is 8.97. The van der Waals surface area contributed by atoms with Crippen molar-refractivity contribution in [2.75, 3.05) is 13.7 Å². The Morgan fingerprint density at radius 1 is 1.03 bits per heavy atom. The summed E-state index contributed by atoms with van der Waals surface area (Å²) in [5.74, 6) is -1.78. The zero-order valence-electron chi connectivity index (χ0n) is 19.4. The van der Waals surface area contributed by atoms with Gasteiger partial charge in [-0.15, -0.1) is 0 Å². The summed E-state index contributed by atoms with van der Waals surface area (Å²) in [7, 11) is 1.42. The third kappa shape index (κ3) is 4.50. The number of benzene rings is 2. The van der Waals surface area contributed by atoms with Crippen LogP contribution in [0.4, 0.5) is 4.79 Å². The monoisotopic (exact) mass is 466 g/mol. The molecular weight excluding hydrogens is 436 g/mol. The molecular formula is C26H30N2O6. The van der Waals surface area contributed by atoms with Gasteiger partial charge < -0.3 is 25.2 Å². The molecule has 4 rings (SSSR count). The minimum absolute atomic E-state index is 0.106. The van der Waals surface area contributed by atoms with Gasteiger partial charge in [-0.3, -0.25) is 4.79 Å². The van der Waals surface area contributed by atoms with Crippen LogP contribution in [0.2, 0.25) is 0 Å². The first-order valence-corrected chi connectivity index (χ1v) is 11.6. The number of aliphatic carboxylic acids is 1. The number of carboxylic acids is 1. The van der Waals surface area contributed by atoms with Crippen LogP contribution in [0.25, 0.3) is 11.1 Å². The number of hydrogen-bond acceptors (Lipinski definition) is 5. The molecule has 2 amide bonds. The molecule has 2 aromatic carbocycles. The first-order chi connectivity index (χ1) is 16.4. The normalized spacial score (nSPS) is 17.8. The van der Waals surface area contributed by atoms with Crippen LogP contribution in [0.5, 0.6) is 0 Å². The number of carbonyl (C=O) groups excluding carboxylic acids is 2. The van der Waals surface area contributed by atoms with Crippen molar-refractivity contribution >= 4 is 18.0 Å². The zero-order chi connectivity index (χ0) is 24.3. The van der Waals surface area contributed by atoms with E-state index in [-0.39, 0.29) is 12.5 Å². The molecule has 1 saturated carbocycles. The van der Waals surface area contributed by atoms with E-state index in [1.54, 1.807) is 6.92 Å². The third-order valence-corrected chi connectivity index (χ3v) is 6.97. The van der Waals surface area contributed by atoms with Crippen molar-refractivity contribution in [2.45, 2.75) is 56.2 Å². The molecule has 2 aliphatic carbocycles. The molecule has 34 heavy (non-hydrogen) atoms. The fourth-order valence-electron chi connectivity index (χ4n) is 4.98. The van der Waals surface area contributed by atoms with Crippen LogP contribution in [0.3, 0.4) is 0 Å². The lowest BCUT2D eigenvalue weighted by molar-refractivity contribution is -0.148. The molecule has 2 aromatic rings. The molecule has 0 aromatic heterocycles. The number of carboxylic acid groups (broad SMARTS) is 1. The summed E-state index contributed by atoms with van der Waals surface area (Å²) in [6.07, 6.45) is 0.697. The Morgan fingerprint density at radius 3 is 2.12 bits per heavy atom. The highest BCUT2D eigenvalue weighted by Gasteiger charge is 2.44. The Bertz CT molecular complexity index is 1030. The number of rotatable bonds is 8. The molecule has 0 spiro atoms. The Balaban J connectivity index is 1.44. The average molecular weight is 467 g/mol. The van der Waals surface area contributed by atoms with Gasteiger partial charge in [-0.05, 0) is 42.0 Å². The first-order valence-electron chi connectivity index (χ1n) is 11.6. The molecule has 0 heterocycles. The maximum Gasteiger partial charge on any atom is 0.407 e. The Kier molecular flexibility index (Phi) is 6.88. The van der Waals surface area contributed by atoms with E-state index >= 15 is 0 Å². The van der Waals surface area contributed by atoms with Crippen molar-refractivity contribution in [3.63, 3.8) is 0 Å². The van der Waals surface area contributed by atoms with Gasteiger partial charge in [-0.25, -0.2) is 9.59 Å². The third-order valence-electron chi connectivity index (χ3n) is 6.97. The topological polar surface area (TPSA) is 114 Å². The summed E-state index contributed by atoms with van der Waals surface area (Å²) in [5, 5.41) is 14.9. The second-order valence-electron chi connectivity index (χ2n) is 8.97. The summed E-state index contributed by atoms with van der Waals surface area (Å²) >= 11 is 0. The van der Waals surface area contributed by atoms with Crippen molar-refractivity contribution in [1.82, 2.24) is 10.6 Å². The SMILES string of the molecule is COC(C)C(NC(=O)OCC1c2ccccc2-c2ccccc21)C(=O)NC1(C(=O)O)CCCC1. The van der Waals surface area contributed by atoms with Crippen molar-refractivity contribution in [3.05, 3.63) is 59.7 Å². The van der Waals surface area contributed by atoms with Gasteiger partial charge in [0, 0.05) is 13.0 Å². The summed E-state index contributed by atoms with van der Waals surface area (Å²) in [6.45, 7) is 1.74. The summed E-state index contributed by atoms with van der Waals surface area (Å²) in [6, 6.07) is 14.9. The largest absolute Gasteiger partial charge is 0.480 e. The molecule has 180 valence electrons. The van der Waals surface area contributed by atoms with Crippen LogP contribution in [0, 0.1) is 0 Å². The molecule has 8 nitrogen and oxygen atoms in total. The summed E-state index contributed by atoms with van der Waals surface area (Å²) < 4.78 is 10.8. The van der Waals surface area contributed by atoms with Crippen LogP contribution in [-0.2, 0) is 19.1 Å². The molecule has 3 N–H and O–H groups in total. The van der Waals surface area contributed by atoms with Gasteiger partial charge in [0.05, 0.1) is 6.10 Å². The predicted octanol–water partition coefficient (Wildman–Crippen LogP) is 3.44. The Hall–Kier alpha value is -3.39. The van der Waals surface area contributed by atoms with Crippen molar-refractivity contribution in [1.29, 1.82) is 0 Å². The van der Waals surface area contributed by atoms with E-state index in [4.69, 9.17) is 9.47 Å². The molecule has 0 aliphatic heterocycles. The zero-order valence-corrected chi connectivity index (χ0v) is 19.4. The van der Waals surface area contributed by atoms with E-state index < -0.39 is 35.7 Å². The standard InChI is InChI=1S/C26H30N2O6/c1-16(33-2)22(23(29)28-26(24(30)31)13-7-8-14-26)27-25(32)34-15-21-19-11-5-3-9-17(19)18-10-4-6-12-20(18)21/h3-6,9-12,16,21-22H,7-8,13-15H2,1-2H3,(H,27,32)(H,28,29)(H,30,31). The fraction of sp³-hybridized carbons (Fsp3) is 0.423. The van der Waals surface area contributed by atoms with E-state index in [0.29, 0.717) is 12.8 Å². The van der Waals surface area contributed by atoms with E-state index in [2.05, 4.69) is 22.8 Å². The van der Waals surface area contributed by atoms with Gasteiger partial charge in [0.2, 0.25) is 5.91 Å². The highest BCUT2D eigenvalue weighted by atomic mass is 16.5. The minimum atomic E-state index is -1.31. The molecule has 2 unspecified atom stereocenters.